The Bertz CT molecular complexity index is 574. The Labute approximate surface area is 112 Å². The molecule has 1 heterocycles. The van der Waals surface area contributed by atoms with Crippen molar-refractivity contribution in [3.63, 3.8) is 0 Å². The first-order valence-corrected chi connectivity index (χ1v) is 6.22. The second-order valence-corrected chi connectivity index (χ2v) is 4.77. The number of carbonyl (C=O) groups excluding carboxylic acids is 1. The summed E-state index contributed by atoms with van der Waals surface area (Å²) in [6, 6.07) is 7.72. The van der Waals surface area contributed by atoms with Crippen LogP contribution >= 0.6 is 0 Å². The summed E-state index contributed by atoms with van der Waals surface area (Å²) in [5.41, 5.74) is 8.40. The molecule has 5 heteroatoms. The van der Waals surface area contributed by atoms with Crippen LogP contribution in [0.15, 0.2) is 36.7 Å². The van der Waals surface area contributed by atoms with Crippen molar-refractivity contribution >= 4 is 11.6 Å². The maximum atomic E-state index is 11.6. The summed E-state index contributed by atoms with van der Waals surface area (Å²) in [4.78, 5) is 11.6. The van der Waals surface area contributed by atoms with Crippen LogP contribution in [0, 0.1) is 0 Å². The molecule has 0 fully saturated rings. The number of hydrogen-bond donors (Lipinski definition) is 2. The molecule has 0 saturated heterocycles. The maximum absolute atomic E-state index is 11.6. The first-order chi connectivity index (χ1) is 9.04. The number of anilines is 1. The Hall–Kier alpha value is -2.30. The fourth-order valence-electron chi connectivity index (χ4n) is 1.83. The SMILES string of the molecule is CC(C)NC(=O)Cn1cc(-c2cccc(N)c2)cn1. The highest BCUT2D eigenvalue weighted by Gasteiger charge is 2.07. The summed E-state index contributed by atoms with van der Waals surface area (Å²) < 4.78 is 1.62. The zero-order chi connectivity index (χ0) is 13.8. The van der Waals surface area contributed by atoms with Crippen LogP contribution in [0.25, 0.3) is 11.1 Å². The van der Waals surface area contributed by atoms with Crippen molar-refractivity contribution in [2.45, 2.75) is 26.4 Å². The quantitative estimate of drug-likeness (QED) is 0.819. The van der Waals surface area contributed by atoms with Gasteiger partial charge in [0.15, 0.2) is 0 Å². The Morgan fingerprint density at radius 1 is 1.42 bits per heavy atom. The predicted molar refractivity (Wildman–Crippen MR) is 75.4 cm³/mol. The monoisotopic (exact) mass is 258 g/mol. The van der Waals surface area contributed by atoms with E-state index in [1.165, 1.54) is 0 Å². The molecule has 1 amide bonds. The molecule has 1 aromatic heterocycles. The number of rotatable bonds is 4. The first kappa shape index (κ1) is 13.1. The Morgan fingerprint density at radius 2 is 2.21 bits per heavy atom. The molecule has 5 nitrogen and oxygen atoms in total. The molecular weight excluding hydrogens is 240 g/mol. The zero-order valence-corrected chi connectivity index (χ0v) is 11.1. The molecule has 3 N–H and O–H groups in total. The third-order valence-electron chi connectivity index (χ3n) is 2.61. The van der Waals surface area contributed by atoms with Crippen LogP contribution in [0.1, 0.15) is 13.8 Å². The molecule has 0 spiro atoms. The normalized spacial score (nSPS) is 10.7. The largest absolute Gasteiger partial charge is 0.399 e. The van der Waals surface area contributed by atoms with Gasteiger partial charge in [-0.2, -0.15) is 5.10 Å². The van der Waals surface area contributed by atoms with Crippen LogP contribution in [-0.4, -0.2) is 21.7 Å². The van der Waals surface area contributed by atoms with Crippen molar-refractivity contribution in [3.8, 4) is 11.1 Å². The van der Waals surface area contributed by atoms with Gasteiger partial charge in [-0.25, -0.2) is 0 Å². The van der Waals surface area contributed by atoms with Crippen molar-refractivity contribution < 1.29 is 4.79 Å². The number of nitrogens with zero attached hydrogens (tertiary/aromatic N) is 2. The van der Waals surface area contributed by atoms with E-state index in [0.717, 1.165) is 11.1 Å². The molecular formula is C14H18N4O. The van der Waals surface area contributed by atoms with Crippen molar-refractivity contribution in [1.82, 2.24) is 15.1 Å². The summed E-state index contributed by atoms with van der Waals surface area (Å²) in [7, 11) is 0. The number of aromatic nitrogens is 2. The molecule has 2 aromatic rings. The van der Waals surface area contributed by atoms with Gasteiger partial charge in [-0.3, -0.25) is 9.48 Å². The summed E-state index contributed by atoms with van der Waals surface area (Å²) in [6.45, 7) is 4.08. The number of benzene rings is 1. The minimum Gasteiger partial charge on any atom is -0.399 e. The molecule has 0 aliphatic carbocycles. The van der Waals surface area contributed by atoms with Crippen LogP contribution in [0.4, 0.5) is 5.69 Å². The molecule has 0 aliphatic rings. The highest BCUT2D eigenvalue weighted by molar-refractivity contribution is 5.76. The van der Waals surface area contributed by atoms with Gasteiger partial charge in [0.1, 0.15) is 6.54 Å². The number of nitrogens with one attached hydrogen (secondary N) is 1. The molecule has 0 bridgehead atoms. The van der Waals surface area contributed by atoms with Crippen LogP contribution < -0.4 is 11.1 Å². The molecule has 0 aliphatic heterocycles. The molecule has 19 heavy (non-hydrogen) atoms. The fraction of sp³-hybridized carbons (Fsp3) is 0.286. The molecule has 0 saturated carbocycles. The number of nitrogen functional groups attached to an aromatic ring is 1. The number of hydrogen-bond acceptors (Lipinski definition) is 3. The molecule has 100 valence electrons. The lowest BCUT2D eigenvalue weighted by Crippen LogP contribution is -2.33. The van der Waals surface area contributed by atoms with E-state index in [1.54, 1.807) is 10.9 Å². The lowest BCUT2D eigenvalue weighted by atomic mass is 10.1. The van der Waals surface area contributed by atoms with Gasteiger partial charge >= 0.3 is 0 Å². The summed E-state index contributed by atoms with van der Waals surface area (Å²) >= 11 is 0. The van der Waals surface area contributed by atoms with Crippen LogP contribution in [0.2, 0.25) is 0 Å². The van der Waals surface area contributed by atoms with Crippen LogP contribution in [0.3, 0.4) is 0 Å². The average Bonchev–Trinajstić information content (AvgIpc) is 2.76. The van der Waals surface area contributed by atoms with Crippen molar-refractivity contribution in [1.29, 1.82) is 0 Å². The standard InChI is InChI=1S/C14H18N4O/c1-10(2)17-14(19)9-18-8-12(7-16-18)11-4-3-5-13(15)6-11/h3-8,10H,9,15H2,1-2H3,(H,17,19). The molecule has 0 unspecified atom stereocenters. The molecule has 1 aromatic carbocycles. The van der Waals surface area contributed by atoms with Gasteiger partial charge in [-0.1, -0.05) is 12.1 Å². The van der Waals surface area contributed by atoms with E-state index >= 15 is 0 Å². The summed E-state index contributed by atoms with van der Waals surface area (Å²) in [6.07, 6.45) is 3.58. The minimum atomic E-state index is -0.0442. The van der Waals surface area contributed by atoms with E-state index in [-0.39, 0.29) is 18.5 Å². The van der Waals surface area contributed by atoms with E-state index in [4.69, 9.17) is 5.73 Å². The van der Waals surface area contributed by atoms with E-state index in [1.807, 2.05) is 44.3 Å². The Kier molecular flexibility index (Phi) is 3.85. The van der Waals surface area contributed by atoms with E-state index in [2.05, 4.69) is 10.4 Å². The van der Waals surface area contributed by atoms with Gasteiger partial charge in [-0.15, -0.1) is 0 Å². The third-order valence-corrected chi connectivity index (χ3v) is 2.61. The Balaban J connectivity index is 2.09. The Morgan fingerprint density at radius 3 is 2.89 bits per heavy atom. The highest BCUT2D eigenvalue weighted by Crippen LogP contribution is 2.20. The van der Waals surface area contributed by atoms with Gasteiger partial charge in [-0.05, 0) is 31.5 Å². The van der Waals surface area contributed by atoms with Crippen molar-refractivity contribution in [3.05, 3.63) is 36.7 Å². The van der Waals surface area contributed by atoms with Crippen molar-refractivity contribution in [2.24, 2.45) is 0 Å². The van der Waals surface area contributed by atoms with E-state index in [9.17, 15) is 4.79 Å². The first-order valence-electron chi connectivity index (χ1n) is 6.22. The summed E-state index contributed by atoms with van der Waals surface area (Å²) in [5, 5.41) is 7.01. The van der Waals surface area contributed by atoms with Crippen LogP contribution in [-0.2, 0) is 11.3 Å². The van der Waals surface area contributed by atoms with Crippen LogP contribution in [0.5, 0.6) is 0 Å². The molecule has 0 atom stereocenters. The van der Waals surface area contributed by atoms with E-state index < -0.39 is 0 Å². The fourth-order valence-corrected chi connectivity index (χ4v) is 1.83. The maximum Gasteiger partial charge on any atom is 0.241 e. The minimum absolute atomic E-state index is 0.0442. The van der Waals surface area contributed by atoms with E-state index in [0.29, 0.717) is 5.69 Å². The van der Waals surface area contributed by atoms with Crippen molar-refractivity contribution in [2.75, 3.05) is 5.73 Å². The summed E-state index contributed by atoms with van der Waals surface area (Å²) in [5.74, 6) is -0.0442. The lowest BCUT2D eigenvalue weighted by molar-refractivity contribution is -0.122. The third kappa shape index (κ3) is 3.58. The smallest absolute Gasteiger partial charge is 0.241 e. The number of carbonyl (C=O) groups is 1. The van der Waals surface area contributed by atoms with Gasteiger partial charge in [0.05, 0.1) is 6.20 Å². The highest BCUT2D eigenvalue weighted by atomic mass is 16.2. The predicted octanol–water partition coefficient (Wildman–Crippen LogP) is 1.66. The number of amides is 1. The second-order valence-electron chi connectivity index (χ2n) is 4.77. The van der Waals surface area contributed by atoms with Gasteiger partial charge in [0, 0.05) is 23.5 Å². The van der Waals surface area contributed by atoms with Gasteiger partial charge in [0.25, 0.3) is 0 Å². The zero-order valence-electron chi connectivity index (χ0n) is 11.1. The average molecular weight is 258 g/mol. The second kappa shape index (κ2) is 5.56. The topological polar surface area (TPSA) is 72.9 Å². The van der Waals surface area contributed by atoms with Gasteiger partial charge in [0.2, 0.25) is 5.91 Å². The van der Waals surface area contributed by atoms with Gasteiger partial charge < -0.3 is 11.1 Å². The number of nitrogens with two attached hydrogens (primary N) is 1. The molecule has 2 rings (SSSR count). The molecule has 0 radical (unpaired) electrons. The lowest BCUT2D eigenvalue weighted by Gasteiger charge is -2.07.